The van der Waals surface area contributed by atoms with Crippen molar-refractivity contribution in [2.75, 3.05) is 0 Å². The van der Waals surface area contributed by atoms with Crippen LogP contribution in [-0.4, -0.2) is 19.3 Å². The highest BCUT2D eigenvalue weighted by atomic mass is 35.5. The van der Waals surface area contributed by atoms with Crippen LogP contribution in [0, 0.1) is 11.8 Å². The van der Waals surface area contributed by atoms with Gasteiger partial charge in [-0.2, -0.15) is 5.10 Å². The maximum atomic E-state index is 6.04. The van der Waals surface area contributed by atoms with Gasteiger partial charge in [-0.25, -0.2) is 4.98 Å². The van der Waals surface area contributed by atoms with E-state index in [4.69, 9.17) is 11.6 Å². The number of halogens is 1. The minimum atomic E-state index is 0.471. The van der Waals surface area contributed by atoms with Gasteiger partial charge < -0.3 is 4.57 Å². The molecule has 0 spiro atoms. The summed E-state index contributed by atoms with van der Waals surface area (Å²) < 4.78 is 4.22. The van der Waals surface area contributed by atoms with Crippen LogP contribution in [0.1, 0.15) is 31.8 Å². The van der Waals surface area contributed by atoms with Gasteiger partial charge >= 0.3 is 0 Å². The number of aryl methyl sites for hydroxylation is 2. The van der Waals surface area contributed by atoms with E-state index in [0.29, 0.717) is 5.88 Å². The fourth-order valence-corrected chi connectivity index (χ4v) is 2.91. The fourth-order valence-electron chi connectivity index (χ4n) is 2.71. The highest BCUT2D eigenvalue weighted by molar-refractivity contribution is 6.16. The van der Waals surface area contributed by atoms with Gasteiger partial charge in [-0.1, -0.05) is 13.8 Å². The van der Waals surface area contributed by atoms with Gasteiger partial charge in [-0.3, -0.25) is 4.68 Å². The molecule has 2 atom stereocenters. The summed E-state index contributed by atoms with van der Waals surface area (Å²) in [6, 6.07) is 0. The van der Waals surface area contributed by atoms with Gasteiger partial charge in [0.25, 0.3) is 0 Å². The smallest absolute Gasteiger partial charge is 0.158 e. The molecule has 2 heterocycles. The van der Waals surface area contributed by atoms with E-state index in [9.17, 15) is 0 Å². The monoisotopic (exact) mass is 266 g/mol. The van der Waals surface area contributed by atoms with Crippen molar-refractivity contribution >= 4 is 22.8 Å². The lowest BCUT2D eigenvalue weighted by Gasteiger charge is -2.07. The van der Waals surface area contributed by atoms with Crippen molar-refractivity contribution in [3.63, 3.8) is 0 Å². The molecule has 2 unspecified atom stereocenters. The van der Waals surface area contributed by atoms with E-state index in [2.05, 4.69) is 28.5 Å². The van der Waals surface area contributed by atoms with Crippen molar-refractivity contribution in [3.05, 3.63) is 11.5 Å². The first-order valence-corrected chi connectivity index (χ1v) is 7.16. The molecule has 1 saturated carbocycles. The Morgan fingerprint density at radius 3 is 2.72 bits per heavy atom. The molecule has 5 heteroatoms. The van der Waals surface area contributed by atoms with E-state index in [1.54, 1.807) is 0 Å². The zero-order valence-electron chi connectivity index (χ0n) is 11.1. The zero-order chi connectivity index (χ0) is 12.9. The Labute approximate surface area is 112 Å². The average molecular weight is 267 g/mol. The van der Waals surface area contributed by atoms with Crippen LogP contribution in [0.4, 0.5) is 0 Å². The Morgan fingerprint density at radius 1 is 1.44 bits per heavy atom. The van der Waals surface area contributed by atoms with Crippen LogP contribution in [0.2, 0.25) is 0 Å². The van der Waals surface area contributed by atoms with Crippen molar-refractivity contribution < 1.29 is 0 Å². The first kappa shape index (κ1) is 12.0. The molecule has 0 bridgehead atoms. The first-order valence-electron chi connectivity index (χ1n) is 6.62. The maximum absolute atomic E-state index is 6.04. The summed E-state index contributed by atoms with van der Waals surface area (Å²) in [7, 11) is 1.99. The molecule has 0 amide bonds. The Balaban J connectivity index is 2.11. The lowest BCUT2D eigenvalue weighted by Crippen LogP contribution is -2.08. The van der Waals surface area contributed by atoms with Gasteiger partial charge in [-0.05, 0) is 24.7 Å². The lowest BCUT2D eigenvalue weighted by atomic mass is 10.3. The highest BCUT2D eigenvalue weighted by Crippen LogP contribution is 2.40. The van der Waals surface area contributed by atoms with E-state index >= 15 is 0 Å². The van der Waals surface area contributed by atoms with Crippen molar-refractivity contribution in [1.29, 1.82) is 0 Å². The lowest BCUT2D eigenvalue weighted by molar-refractivity contribution is 0.575. The predicted molar refractivity (Wildman–Crippen MR) is 72.7 cm³/mol. The standard InChI is InChI=1S/C13H19ClN4/c1-4-10-12-13(17(3)16-10)18(11(6-14)15-12)7-9-5-8(9)2/h8-9H,4-7H2,1-3H3. The largest absolute Gasteiger partial charge is 0.312 e. The molecule has 98 valence electrons. The van der Waals surface area contributed by atoms with Crippen molar-refractivity contribution in [2.24, 2.45) is 18.9 Å². The second-order valence-corrected chi connectivity index (χ2v) is 5.61. The molecule has 3 rings (SSSR count). The van der Waals surface area contributed by atoms with E-state index in [1.165, 1.54) is 6.42 Å². The molecule has 1 fully saturated rings. The molecule has 18 heavy (non-hydrogen) atoms. The summed E-state index contributed by atoms with van der Waals surface area (Å²) in [5, 5.41) is 4.54. The minimum Gasteiger partial charge on any atom is -0.312 e. The molecule has 0 radical (unpaired) electrons. The quantitative estimate of drug-likeness (QED) is 0.798. The van der Waals surface area contributed by atoms with Gasteiger partial charge in [0.2, 0.25) is 0 Å². The number of fused-ring (bicyclic) bond motifs is 1. The molecule has 2 aromatic rings. The van der Waals surface area contributed by atoms with Gasteiger partial charge in [0.1, 0.15) is 11.3 Å². The third-order valence-electron chi connectivity index (χ3n) is 4.02. The van der Waals surface area contributed by atoms with Gasteiger partial charge in [-0.15, -0.1) is 11.6 Å². The third kappa shape index (κ3) is 1.74. The maximum Gasteiger partial charge on any atom is 0.158 e. The van der Waals surface area contributed by atoms with Gasteiger partial charge in [0, 0.05) is 13.6 Å². The number of alkyl halides is 1. The van der Waals surface area contributed by atoms with Gasteiger partial charge in [0.15, 0.2) is 5.65 Å². The summed E-state index contributed by atoms with van der Waals surface area (Å²) in [5.41, 5.74) is 3.23. The SMILES string of the molecule is CCc1nn(C)c2c1nc(CCl)n2CC1CC1C. The molecule has 4 nitrogen and oxygen atoms in total. The van der Waals surface area contributed by atoms with Crippen molar-refractivity contribution in [3.8, 4) is 0 Å². The summed E-state index contributed by atoms with van der Waals surface area (Å²) in [6.07, 6.45) is 2.23. The highest BCUT2D eigenvalue weighted by Gasteiger charge is 2.34. The number of hydrogen-bond donors (Lipinski definition) is 0. The Kier molecular flexibility index (Phi) is 2.85. The number of hydrogen-bond acceptors (Lipinski definition) is 2. The topological polar surface area (TPSA) is 35.6 Å². The van der Waals surface area contributed by atoms with Crippen LogP contribution >= 0.6 is 11.6 Å². The predicted octanol–water partition coefficient (Wildman–Crippen LogP) is 2.73. The first-order chi connectivity index (χ1) is 8.65. The number of rotatable bonds is 4. The van der Waals surface area contributed by atoms with Crippen LogP contribution in [0.5, 0.6) is 0 Å². The van der Waals surface area contributed by atoms with Crippen LogP contribution in [0.3, 0.4) is 0 Å². The van der Waals surface area contributed by atoms with E-state index in [-0.39, 0.29) is 0 Å². The van der Waals surface area contributed by atoms with E-state index < -0.39 is 0 Å². The zero-order valence-corrected chi connectivity index (χ0v) is 11.9. The van der Waals surface area contributed by atoms with Crippen LogP contribution in [0.25, 0.3) is 11.2 Å². The normalized spacial score (nSPS) is 22.9. The molecule has 1 aliphatic carbocycles. The Hall–Kier alpha value is -1.03. The van der Waals surface area contributed by atoms with Crippen LogP contribution in [0.15, 0.2) is 0 Å². The fraction of sp³-hybridized carbons (Fsp3) is 0.692. The summed E-state index contributed by atoms with van der Waals surface area (Å²) >= 11 is 6.04. The molecule has 0 N–H and O–H groups in total. The summed E-state index contributed by atoms with van der Waals surface area (Å²) in [6.45, 7) is 5.45. The van der Waals surface area contributed by atoms with Gasteiger partial charge in [0.05, 0.1) is 11.6 Å². The van der Waals surface area contributed by atoms with Crippen LogP contribution in [-0.2, 0) is 25.9 Å². The molecule has 0 aliphatic heterocycles. The van der Waals surface area contributed by atoms with E-state index in [0.717, 1.165) is 47.5 Å². The third-order valence-corrected chi connectivity index (χ3v) is 4.26. The Bertz CT molecular complexity index is 583. The summed E-state index contributed by atoms with van der Waals surface area (Å²) in [5.74, 6) is 3.07. The molecule has 0 aromatic carbocycles. The van der Waals surface area contributed by atoms with Crippen LogP contribution < -0.4 is 0 Å². The second kappa shape index (κ2) is 4.26. The summed E-state index contributed by atoms with van der Waals surface area (Å²) in [4.78, 5) is 4.68. The molecule has 0 saturated heterocycles. The minimum absolute atomic E-state index is 0.471. The molecule has 2 aromatic heterocycles. The number of nitrogens with zero attached hydrogens (tertiary/aromatic N) is 4. The Morgan fingerprint density at radius 2 is 2.17 bits per heavy atom. The number of imidazole rings is 1. The van der Waals surface area contributed by atoms with Crippen molar-refractivity contribution in [1.82, 2.24) is 19.3 Å². The molecule has 1 aliphatic rings. The van der Waals surface area contributed by atoms with Crippen molar-refractivity contribution in [2.45, 2.75) is 39.1 Å². The molecular formula is C13H19ClN4. The van der Waals surface area contributed by atoms with E-state index in [1.807, 2.05) is 11.7 Å². The average Bonchev–Trinajstić information content (AvgIpc) is 2.81. The number of aromatic nitrogens is 4. The molecular weight excluding hydrogens is 248 g/mol. The second-order valence-electron chi connectivity index (χ2n) is 5.34.